The van der Waals surface area contributed by atoms with Crippen LogP contribution in [0.4, 0.5) is 0 Å². The van der Waals surface area contributed by atoms with E-state index in [0.29, 0.717) is 11.6 Å². The summed E-state index contributed by atoms with van der Waals surface area (Å²) in [7, 11) is 1.76. The Kier molecular flexibility index (Phi) is 3.54. The zero-order valence-corrected chi connectivity index (χ0v) is 14.2. The summed E-state index contributed by atoms with van der Waals surface area (Å²) in [5, 5.41) is 13.6. The summed E-state index contributed by atoms with van der Waals surface area (Å²) >= 11 is 0. The van der Waals surface area contributed by atoms with Gasteiger partial charge in [0.15, 0.2) is 0 Å². The van der Waals surface area contributed by atoms with Crippen molar-refractivity contribution < 1.29 is 0 Å². The molecule has 1 aliphatic rings. The van der Waals surface area contributed by atoms with Gasteiger partial charge >= 0.3 is 0 Å². The number of nitriles is 1. The Bertz CT molecular complexity index is 1050. The van der Waals surface area contributed by atoms with Crippen molar-refractivity contribution in [2.75, 3.05) is 0 Å². The van der Waals surface area contributed by atoms with Crippen LogP contribution in [0.25, 0.3) is 22.3 Å². The van der Waals surface area contributed by atoms with Crippen molar-refractivity contribution in [2.24, 2.45) is 7.05 Å². The van der Waals surface area contributed by atoms with Gasteiger partial charge in [0.25, 0.3) is 5.56 Å². The van der Waals surface area contributed by atoms with Gasteiger partial charge in [0.05, 0.1) is 23.4 Å². The Morgan fingerprint density at radius 2 is 1.84 bits per heavy atom. The van der Waals surface area contributed by atoms with Crippen molar-refractivity contribution in [2.45, 2.75) is 25.8 Å². The predicted octanol–water partition coefficient (Wildman–Crippen LogP) is 3.43. The fraction of sp³-hybridized carbons (Fsp3) is 0.250. The van der Waals surface area contributed by atoms with Gasteiger partial charge in [-0.15, -0.1) is 0 Å². The van der Waals surface area contributed by atoms with E-state index in [1.807, 2.05) is 29.9 Å². The van der Waals surface area contributed by atoms with Gasteiger partial charge in [0.1, 0.15) is 0 Å². The average Bonchev–Trinajstić information content (AvgIpc) is 3.40. The van der Waals surface area contributed by atoms with Gasteiger partial charge in [-0.3, -0.25) is 9.48 Å². The molecule has 1 saturated carbocycles. The van der Waals surface area contributed by atoms with Gasteiger partial charge in [-0.25, -0.2) is 0 Å². The van der Waals surface area contributed by atoms with Crippen LogP contribution < -0.4 is 5.56 Å². The molecule has 4 rings (SSSR count). The number of hydrogen-bond donors (Lipinski definition) is 0. The van der Waals surface area contributed by atoms with E-state index >= 15 is 0 Å². The molecule has 2 aromatic heterocycles. The van der Waals surface area contributed by atoms with Crippen LogP contribution in [0.3, 0.4) is 0 Å². The molecule has 3 aromatic rings. The molecular weight excluding hydrogens is 312 g/mol. The molecule has 0 aliphatic heterocycles. The van der Waals surface area contributed by atoms with Crippen LogP contribution in [0.2, 0.25) is 0 Å². The summed E-state index contributed by atoms with van der Waals surface area (Å²) < 4.78 is 3.63. The van der Waals surface area contributed by atoms with Gasteiger partial charge in [-0.05, 0) is 43.0 Å². The lowest BCUT2D eigenvalue weighted by Crippen LogP contribution is -2.15. The number of benzene rings is 1. The molecule has 1 fully saturated rings. The van der Waals surface area contributed by atoms with Crippen LogP contribution in [-0.4, -0.2) is 14.3 Å². The maximum Gasteiger partial charge on any atom is 0.250 e. The number of hydrogen-bond acceptors (Lipinski definition) is 3. The highest BCUT2D eigenvalue weighted by Gasteiger charge is 2.26. The normalized spacial score (nSPS) is 13.6. The molecule has 0 unspecified atom stereocenters. The van der Waals surface area contributed by atoms with Crippen molar-refractivity contribution >= 4 is 0 Å². The first-order chi connectivity index (χ1) is 12.1. The maximum absolute atomic E-state index is 12.2. The summed E-state index contributed by atoms with van der Waals surface area (Å²) in [5.41, 5.74) is 5.32. The molecular formula is C20H18N4O. The van der Waals surface area contributed by atoms with Crippen molar-refractivity contribution in [3.63, 3.8) is 0 Å². The second kappa shape index (κ2) is 5.75. The summed E-state index contributed by atoms with van der Waals surface area (Å²) in [6.45, 7) is 2.00. The molecule has 0 saturated heterocycles. The van der Waals surface area contributed by atoms with E-state index in [9.17, 15) is 4.79 Å². The van der Waals surface area contributed by atoms with Crippen LogP contribution in [0.1, 0.15) is 30.1 Å². The standard InChI is InChI=1S/C20H18N4O/c1-13-18(12-24(22-13)16-7-8-16)19-11-23(2)20(25)9-17(19)15-5-3-14(10-21)4-6-15/h3-6,9,11-12,16H,7-8H2,1-2H3. The summed E-state index contributed by atoms with van der Waals surface area (Å²) in [6.07, 6.45) is 6.31. The molecule has 1 aromatic carbocycles. The Hall–Kier alpha value is -3.13. The van der Waals surface area contributed by atoms with Crippen LogP contribution in [0, 0.1) is 18.3 Å². The Balaban J connectivity index is 1.90. The lowest BCUT2D eigenvalue weighted by molar-refractivity contribution is 0.635. The predicted molar refractivity (Wildman–Crippen MR) is 96.1 cm³/mol. The molecule has 5 nitrogen and oxygen atoms in total. The number of rotatable bonds is 3. The van der Waals surface area contributed by atoms with Crippen LogP contribution in [-0.2, 0) is 7.05 Å². The first kappa shape index (κ1) is 15.4. The molecule has 124 valence electrons. The van der Waals surface area contributed by atoms with Crippen LogP contribution in [0.15, 0.2) is 47.5 Å². The fourth-order valence-electron chi connectivity index (χ4n) is 3.08. The third-order valence-corrected chi connectivity index (χ3v) is 4.68. The number of aryl methyl sites for hydroxylation is 2. The topological polar surface area (TPSA) is 63.6 Å². The fourth-order valence-corrected chi connectivity index (χ4v) is 3.08. The van der Waals surface area contributed by atoms with E-state index in [4.69, 9.17) is 5.26 Å². The zero-order valence-electron chi connectivity index (χ0n) is 14.2. The molecule has 0 amide bonds. The van der Waals surface area contributed by atoms with Gasteiger partial charge in [0, 0.05) is 36.6 Å². The molecule has 0 bridgehead atoms. The highest BCUT2D eigenvalue weighted by atomic mass is 16.1. The van der Waals surface area contributed by atoms with Gasteiger partial charge in [0.2, 0.25) is 0 Å². The van der Waals surface area contributed by atoms with E-state index < -0.39 is 0 Å². The average molecular weight is 330 g/mol. The van der Waals surface area contributed by atoms with Gasteiger partial charge < -0.3 is 4.57 Å². The molecule has 1 aliphatic carbocycles. The first-order valence-corrected chi connectivity index (χ1v) is 8.34. The minimum Gasteiger partial charge on any atom is -0.318 e. The lowest BCUT2D eigenvalue weighted by atomic mass is 9.96. The Labute approximate surface area is 145 Å². The van der Waals surface area contributed by atoms with Crippen LogP contribution in [0.5, 0.6) is 0 Å². The zero-order chi connectivity index (χ0) is 17.6. The number of aromatic nitrogens is 3. The van der Waals surface area contributed by atoms with Crippen molar-refractivity contribution in [1.29, 1.82) is 5.26 Å². The molecule has 0 atom stereocenters. The molecule has 25 heavy (non-hydrogen) atoms. The summed E-state index contributed by atoms with van der Waals surface area (Å²) in [4.78, 5) is 12.2. The third kappa shape index (κ3) is 2.76. The van der Waals surface area contributed by atoms with E-state index in [2.05, 4.69) is 17.4 Å². The smallest absolute Gasteiger partial charge is 0.250 e. The Morgan fingerprint density at radius 1 is 1.12 bits per heavy atom. The molecule has 2 heterocycles. The van der Waals surface area contributed by atoms with Gasteiger partial charge in [-0.1, -0.05) is 12.1 Å². The minimum atomic E-state index is -0.0599. The number of nitrogens with zero attached hydrogens (tertiary/aromatic N) is 4. The lowest BCUT2D eigenvalue weighted by Gasteiger charge is -2.11. The molecule has 0 radical (unpaired) electrons. The minimum absolute atomic E-state index is 0.0599. The monoisotopic (exact) mass is 330 g/mol. The molecule has 5 heteroatoms. The highest BCUT2D eigenvalue weighted by Crippen LogP contribution is 2.38. The maximum atomic E-state index is 12.2. The second-order valence-corrected chi connectivity index (χ2v) is 6.58. The SMILES string of the molecule is Cc1nn(C2CC2)cc1-c1cn(C)c(=O)cc1-c1ccc(C#N)cc1. The van der Waals surface area contributed by atoms with E-state index in [-0.39, 0.29) is 5.56 Å². The van der Waals surface area contributed by atoms with Crippen molar-refractivity contribution in [3.8, 4) is 28.3 Å². The van der Waals surface area contributed by atoms with E-state index in [1.165, 1.54) is 12.8 Å². The van der Waals surface area contributed by atoms with E-state index in [0.717, 1.165) is 27.9 Å². The van der Waals surface area contributed by atoms with Gasteiger partial charge in [-0.2, -0.15) is 10.4 Å². The van der Waals surface area contributed by atoms with E-state index in [1.54, 1.807) is 29.8 Å². The summed E-state index contributed by atoms with van der Waals surface area (Å²) in [6, 6.07) is 11.6. The third-order valence-electron chi connectivity index (χ3n) is 4.68. The molecule has 0 spiro atoms. The number of pyridine rings is 1. The molecule has 0 N–H and O–H groups in total. The second-order valence-electron chi connectivity index (χ2n) is 6.58. The van der Waals surface area contributed by atoms with Crippen LogP contribution >= 0.6 is 0 Å². The quantitative estimate of drug-likeness (QED) is 0.739. The Morgan fingerprint density at radius 3 is 2.48 bits per heavy atom. The van der Waals surface area contributed by atoms with Crippen molar-refractivity contribution in [3.05, 3.63) is 64.3 Å². The largest absolute Gasteiger partial charge is 0.318 e. The van der Waals surface area contributed by atoms with Crippen molar-refractivity contribution in [1.82, 2.24) is 14.3 Å². The first-order valence-electron chi connectivity index (χ1n) is 8.34. The summed E-state index contributed by atoms with van der Waals surface area (Å²) in [5.74, 6) is 0. The highest BCUT2D eigenvalue weighted by molar-refractivity contribution is 5.83.